The van der Waals surface area contributed by atoms with Gasteiger partial charge < -0.3 is 19.7 Å². The molecule has 6 heteroatoms. The molecule has 0 unspecified atom stereocenters. The smallest absolute Gasteiger partial charge is 0.235 e. The highest BCUT2D eigenvalue weighted by atomic mass is 16.5. The molecule has 2 aliphatic heterocycles. The van der Waals surface area contributed by atoms with Gasteiger partial charge in [0.25, 0.3) is 0 Å². The summed E-state index contributed by atoms with van der Waals surface area (Å²) in [6.07, 6.45) is 1.68. The average Bonchev–Trinajstić information content (AvgIpc) is 2.82. The van der Waals surface area contributed by atoms with Crippen LogP contribution in [0.4, 0.5) is 5.69 Å². The molecule has 6 nitrogen and oxygen atoms in total. The van der Waals surface area contributed by atoms with E-state index in [2.05, 4.69) is 5.32 Å². The molecule has 2 aliphatic rings. The average molecular weight is 408 g/mol. The third kappa shape index (κ3) is 4.55. The van der Waals surface area contributed by atoms with Crippen LogP contribution in [0.2, 0.25) is 0 Å². The van der Waals surface area contributed by atoms with Gasteiger partial charge in [0.15, 0.2) is 0 Å². The van der Waals surface area contributed by atoms with Crippen molar-refractivity contribution in [2.24, 2.45) is 0 Å². The SMILES string of the molecule is O=C(Cc1ccc(NC(=O)C2(c3ccccc3)CCOCC2)cc1)N1CCOCC1. The maximum Gasteiger partial charge on any atom is 0.235 e. The number of ether oxygens (including phenoxy) is 2. The Morgan fingerprint density at radius 1 is 0.867 bits per heavy atom. The van der Waals surface area contributed by atoms with Crippen molar-refractivity contribution in [1.82, 2.24) is 4.90 Å². The lowest BCUT2D eigenvalue weighted by Gasteiger charge is -2.36. The molecule has 2 aromatic carbocycles. The predicted molar refractivity (Wildman–Crippen MR) is 114 cm³/mol. The lowest BCUT2D eigenvalue weighted by Crippen LogP contribution is -2.44. The summed E-state index contributed by atoms with van der Waals surface area (Å²) < 4.78 is 10.8. The summed E-state index contributed by atoms with van der Waals surface area (Å²) in [6, 6.07) is 17.5. The summed E-state index contributed by atoms with van der Waals surface area (Å²) in [5.41, 5.74) is 2.13. The maximum absolute atomic E-state index is 13.3. The Kier molecular flexibility index (Phi) is 6.45. The van der Waals surface area contributed by atoms with Gasteiger partial charge in [-0.3, -0.25) is 9.59 Å². The van der Waals surface area contributed by atoms with Crippen molar-refractivity contribution in [2.45, 2.75) is 24.7 Å². The molecular formula is C24H28N2O4. The number of rotatable bonds is 5. The first-order valence-corrected chi connectivity index (χ1v) is 10.6. The van der Waals surface area contributed by atoms with Crippen molar-refractivity contribution < 1.29 is 19.1 Å². The molecular weight excluding hydrogens is 380 g/mol. The Morgan fingerprint density at radius 2 is 1.50 bits per heavy atom. The van der Waals surface area contributed by atoms with Crippen molar-refractivity contribution in [1.29, 1.82) is 0 Å². The van der Waals surface area contributed by atoms with Gasteiger partial charge in [-0.25, -0.2) is 0 Å². The van der Waals surface area contributed by atoms with E-state index in [1.165, 1.54) is 0 Å². The van der Waals surface area contributed by atoms with Gasteiger partial charge in [0.05, 0.1) is 25.0 Å². The molecule has 1 N–H and O–H groups in total. The zero-order valence-electron chi connectivity index (χ0n) is 17.1. The largest absolute Gasteiger partial charge is 0.381 e. The molecule has 2 fully saturated rings. The molecule has 30 heavy (non-hydrogen) atoms. The highest BCUT2D eigenvalue weighted by molar-refractivity contribution is 5.99. The van der Waals surface area contributed by atoms with E-state index in [0.717, 1.165) is 16.8 Å². The molecule has 0 aromatic heterocycles. The molecule has 2 aromatic rings. The Bertz CT molecular complexity index is 855. The minimum atomic E-state index is -0.579. The third-order valence-corrected chi connectivity index (χ3v) is 6.04. The van der Waals surface area contributed by atoms with Crippen LogP contribution in [-0.2, 0) is 30.9 Å². The Morgan fingerprint density at radius 3 is 2.17 bits per heavy atom. The summed E-state index contributed by atoms with van der Waals surface area (Å²) in [6.45, 7) is 3.65. The fraction of sp³-hybridized carbons (Fsp3) is 0.417. The quantitative estimate of drug-likeness (QED) is 0.826. The first kappa shape index (κ1) is 20.6. The molecule has 2 amide bonds. The molecule has 158 valence electrons. The molecule has 2 saturated heterocycles. The van der Waals surface area contributed by atoms with Crippen molar-refractivity contribution in [3.8, 4) is 0 Å². The van der Waals surface area contributed by atoms with Crippen LogP contribution in [-0.4, -0.2) is 56.2 Å². The number of anilines is 1. The minimum absolute atomic E-state index is 0.00542. The molecule has 0 spiro atoms. The van der Waals surface area contributed by atoms with Gasteiger partial charge >= 0.3 is 0 Å². The normalized spacial score (nSPS) is 18.6. The number of amides is 2. The molecule has 0 bridgehead atoms. The van der Waals surface area contributed by atoms with Crippen LogP contribution in [0.3, 0.4) is 0 Å². The van der Waals surface area contributed by atoms with Crippen LogP contribution < -0.4 is 5.32 Å². The van der Waals surface area contributed by atoms with E-state index in [4.69, 9.17) is 9.47 Å². The van der Waals surface area contributed by atoms with E-state index in [1.807, 2.05) is 59.5 Å². The number of benzene rings is 2. The van der Waals surface area contributed by atoms with Crippen LogP contribution in [0.25, 0.3) is 0 Å². The minimum Gasteiger partial charge on any atom is -0.381 e. The summed E-state index contributed by atoms with van der Waals surface area (Å²) in [5.74, 6) is 0.106. The lowest BCUT2D eigenvalue weighted by atomic mass is 9.73. The summed E-state index contributed by atoms with van der Waals surface area (Å²) in [4.78, 5) is 27.6. The monoisotopic (exact) mass is 408 g/mol. The van der Waals surface area contributed by atoms with Crippen molar-refractivity contribution in [2.75, 3.05) is 44.8 Å². The summed E-state index contributed by atoms with van der Waals surface area (Å²) in [5, 5.41) is 3.09. The van der Waals surface area contributed by atoms with Gasteiger partial charge in [-0.15, -0.1) is 0 Å². The van der Waals surface area contributed by atoms with Gasteiger partial charge in [0.1, 0.15) is 0 Å². The highest BCUT2D eigenvalue weighted by Gasteiger charge is 2.41. The summed E-state index contributed by atoms with van der Waals surface area (Å²) in [7, 11) is 0. The van der Waals surface area contributed by atoms with Crippen LogP contribution in [0.15, 0.2) is 54.6 Å². The molecule has 0 radical (unpaired) electrons. The first-order valence-electron chi connectivity index (χ1n) is 10.6. The van der Waals surface area contributed by atoms with E-state index in [0.29, 0.717) is 58.8 Å². The van der Waals surface area contributed by atoms with E-state index in [9.17, 15) is 9.59 Å². The topological polar surface area (TPSA) is 67.9 Å². The fourth-order valence-corrected chi connectivity index (χ4v) is 4.18. The zero-order valence-corrected chi connectivity index (χ0v) is 17.1. The van der Waals surface area contributed by atoms with Crippen LogP contribution in [0.5, 0.6) is 0 Å². The molecule has 2 heterocycles. The zero-order chi connectivity index (χ0) is 20.8. The van der Waals surface area contributed by atoms with Gasteiger partial charge in [-0.1, -0.05) is 42.5 Å². The van der Waals surface area contributed by atoms with Crippen LogP contribution in [0.1, 0.15) is 24.0 Å². The van der Waals surface area contributed by atoms with Crippen molar-refractivity contribution in [3.05, 3.63) is 65.7 Å². The second kappa shape index (κ2) is 9.41. The molecule has 0 atom stereocenters. The number of hydrogen-bond acceptors (Lipinski definition) is 4. The molecule has 0 saturated carbocycles. The number of carbonyl (C=O) groups is 2. The fourth-order valence-electron chi connectivity index (χ4n) is 4.18. The van der Waals surface area contributed by atoms with Crippen molar-refractivity contribution in [3.63, 3.8) is 0 Å². The second-order valence-corrected chi connectivity index (χ2v) is 7.88. The van der Waals surface area contributed by atoms with Gasteiger partial charge in [-0.05, 0) is 36.1 Å². The van der Waals surface area contributed by atoms with Gasteiger partial charge in [0.2, 0.25) is 11.8 Å². The number of carbonyl (C=O) groups excluding carboxylic acids is 2. The Labute approximate surface area is 177 Å². The van der Waals surface area contributed by atoms with Crippen LogP contribution in [0, 0.1) is 0 Å². The van der Waals surface area contributed by atoms with E-state index < -0.39 is 5.41 Å². The van der Waals surface area contributed by atoms with Crippen molar-refractivity contribution >= 4 is 17.5 Å². The number of nitrogens with one attached hydrogen (secondary N) is 1. The van der Waals surface area contributed by atoms with Crippen LogP contribution >= 0.6 is 0 Å². The predicted octanol–water partition coefficient (Wildman–Crippen LogP) is 2.77. The first-order chi connectivity index (χ1) is 14.7. The Balaban J connectivity index is 1.43. The third-order valence-electron chi connectivity index (χ3n) is 6.04. The highest BCUT2D eigenvalue weighted by Crippen LogP contribution is 2.36. The standard InChI is InChI=1S/C24H28N2O4/c27-22(26-12-16-30-17-13-26)18-19-6-8-21(9-7-19)25-23(28)24(10-14-29-15-11-24)20-4-2-1-3-5-20/h1-9H,10-18H2,(H,25,28). The maximum atomic E-state index is 13.3. The molecule has 0 aliphatic carbocycles. The number of nitrogens with zero attached hydrogens (tertiary/aromatic N) is 1. The van der Waals surface area contributed by atoms with E-state index >= 15 is 0 Å². The van der Waals surface area contributed by atoms with E-state index in [1.54, 1.807) is 0 Å². The van der Waals surface area contributed by atoms with E-state index in [-0.39, 0.29) is 11.8 Å². The second-order valence-electron chi connectivity index (χ2n) is 7.88. The summed E-state index contributed by atoms with van der Waals surface area (Å²) >= 11 is 0. The van der Waals surface area contributed by atoms with Gasteiger partial charge in [-0.2, -0.15) is 0 Å². The number of morpholine rings is 1. The number of hydrogen-bond donors (Lipinski definition) is 1. The Hall–Kier alpha value is -2.70. The lowest BCUT2D eigenvalue weighted by molar-refractivity contribution is -0.134. The van der Waals surface area contributed by atoms with Gasteiger partial charge in [0, 0.05) is 32.0 Å². The molecule has 4 rings (SSSR count).